The summed E-state index contributed by atoms with van der Waals surface area (Å²) in [5.74, 6) is -1.96. The van der Waals surface area contributed by atoms with E-state index in [0.29, 0.717) is 5.56 Å². The summed E-state index contributed by atoms with van der Waals surface area (Å²) in [6.45, 7) is 5.80. The maximum absolute atomic E-state index is 11.9. The molecule has 2 heterocycles. The minimum atomic E-state index is -0.788. The molecule has 10 heteroatoms. The Hall–Kier alpha value is -2.07. The Kier molecular flexibility index (Phi) is 7.88. The van der Waals surface area contributed by atoms with E-state index in [1.165, 1.54) is 43.9 Å². The molecule has 154 valence electrons. The van der Waals surface area contributed by atoms with Crippen molar-refractivity contribution >= 4 is 47.0 Å². The zero-order chi connectivity index (χ0) is 20.8. The molecule has 0 radical (unpaired) electrons. The van der Waals surface area contributed by atoms with Gasteiger partial charge in [-0.2, -0.15) is 0 Å². The lowest BCUT2D eigenvalue weighted by molar-refractivity contribution is -0.165. The van der Waals surface area contributed by atoms with Crippen LogP contribution in [0.4, 0.5) is 0 Å². The van der Waals surface area contributed by atoms with Gasteiger partial charge in [-0.25, -0.2) is 4.79 Å². The van der Waals surface area contributed by atoms with Gasteiger partial charge in [0.2, 0.25) is 0 Å². The molecule has 1 fully saturated rings. The third kappa shape index (κ3) is 5.71. The van der Waals surface area contributed by atoms with Gasteiger partial charge in [0.1, 0.15) is 6.61 Å². The van der Waals surface area contributed by atoms with Crippen molar-refractivity contribution in [2.75, 3.05) is 13.2 Å². The Labute approximate surface area is 170 Å². The molecule has 0 saturated carbocycles. The summed E-state index contributed by atoms with van der Waals surface area (Å²) in [5, 5.41) is 0.858. The van der Waals surface area contributed by atoms with Crippen LogP contribution in [-0.2, 0) is 33.3 Å². The van der Waals surface area contributed by atoms with E-state index < -0.39 is 41.3 Å². The summed E-state index contributed by atoms with van der Waals surface area (Å²) in [6.07, 6.45) is -1.57. The van der Waals surface area contributed by atoms with Crippen LogP contribution in [0.2, 0.25) is 0 Å². The van der Waals surface area contributed by atoms with E-state index in [4.69, 9.17) is 18.9 Å². The number of thiophene rings is 1. The molecular formula is C18H22O8S2. The van der Waals surface area contributed by atoms with Gasteiger partial charge in [-0.05, 0) is 13.0 Å². The quantitative estimate of drug-likeness (QED) is 0.476. The number of carbonyl (C=O) groups is 4. The number of hydrogen-bond acceptors (Lipinski definition) is 10. The van der Waals surface area contributed by atoms with Crippen molar-refractivity contribution in [2.24, 2.45) is 0 Å². The lowest BCUT2D eigenvalue weighted by Gasteiger charge is -2.24. The average Bonchev–Trinajstić information content (AvgIpc) is 3.19. The highest BCUT2D eigenvalue weighted by Crippen LogP contribution is 2.49. The largest absolute Gasteiger partial charge is 0.465 e. The van der Waals surface area contributed by atoms with E-state index >= 15 is 0 Å². The minimum Gasteiger partial charge on any atom is -0.465 e. The summed E-state index contributed by atoms with van der Waals surface area (Å²) >= 11 is 2.69. The molecule has 1 aliphatic heterocycles. The molecule has 0 spiro atoms. The van der Waals surface area contributed by atoms with Crippen molar-refractivity contribution in [3.63, 3.8) is 0 Å². The van der Waals surface area contributed by atoms with Crippen LogP contribution in [0.15, 0.2) is 11.4 Å². The molecule has 1 aromatic heterocycles. The van der Waals surface area contributed by atoms with Gasteiger partial charge in [-0.15, -0.1) is 23.1 Å². The summed E-state index contributed by atoms with van der Waals surface area (Å²) in [5.41, 5.74) is 0.400. The first-order valence-electron chi connectivity index (χ1n) is 8.61. The topological polar surface area (TPSA) is 105 Å². The van der Waals surface area contributed by atoms with Crippen LogP contribution in [-0.4, -0.2) is 54.5 Å². The Balaban J connectivity index is 2.31. The SMILES string of the molecule is CCOC(=O)c1csc([C@@H]2S[C@H](COC(C)=O)[C@@H](OC(C)=O)[C@H]2OC(C)=O)c1. The molecule has 0 unspecified atom stereocenters. The molecule has 2 rings (SSSR count). The zero-order valence-corrected chi connectivity index (χ0v) is 17.6. The summed E-state index contributed by atoms with van der Waals surface area (Å²) < 4.78 is 21.0. The van der Waals surface area contributed by atoms with Crippen LogP contribution in [0.3, 0.4) is 0 Å². The second-order valence-corrected chi connectivity index (χ2v) is 8.33. The van der Waals surface area contributed by atoms with Gasteiger partial charge >= 0.3 is 23.9 Å². The van der Waals surface area contributed by atoms with Gasteiger partial charge in [0.15, 0.2) is 12.2 Å². The molecule has 28 heavy (non-hydrogen) atoms. The fourth-order valence-electron chi connectivity index (χ4n) is 2.77. The highest BCUT2D eigenvalue weighted by molar-refractivity contribution is 8.00. The lowest BCUT2D eigenvalue weighted by Crippen LogP contribution is -2.39. The van der Waals surface area contributed by atoms with Crippen LogP contribution in [0.5, 0.6) is 0 Å². The van der Waals surface area contributed by atoms with Crippen molar-refractivity contribution in [3.05, 3.63) is 21.9 Å². The molecule has 1 aliphatic rings. The van der Waals surface area contributed by atoms with Crippen LogP contribution >= 0.6 is 23.1 Å². The van der Waals surface area contributed by atoms with E-state index in [-0.39, 0.29) is 18.5 Å². The number of hydrogen-bond donors (Lipinski definition) is 0. The van der Waals surface area contributed by atoms with Crippen LogP contribution in [0, 0.1) is 0 Å². The number of thioether (sulfide) groups is 1. The second kappa shape index (κ2) is 9.92. The molecular weight excluding hydrogens is 408 g/mol. The maximum atomic E-state index is 11.9. The number of rotatable bonds is 7. The van der Waals surface area contributed by atoms with Gasteiger partial charge in [0.25, 0.3) is 0 Å². The highest BCUT2D eigenvalue weighted by Gasteiger charge is 2.50. The first kappa shape index (κ1) is 22.2. The molecule has 8 nitrogen and oxygen atoms in total. The van der Waals surface area contributed by atoms with E-state index in [1.54, 1.807) is 18.4 Å². The van der Waals surface area contributed by atoms with Crippen molar-refractivity contribution in [2.45, 2.75) is 50.4 Å². The maximum Gasteiger partial charge on any atom is 0.338 e. The summed E-state index contributed by atoms with van der Waals surface area (Å²) in [6, 6.07) is 1.68. The molecule has 0 bridgehead atoms. The summed E-state index contributed by atoms with van der Waals surface area (Å²) in [7, 11) is 0. The van der Waals surface area contributed by atoms with E-state index in [1.807, 2.05) is 0 Å². The minimum absolute atomic E-state index is 0.00230. The molecule has 4 atom stereocenters. The number of ether oxygens (including phenoxy) is 4. The van der Waals surface area contributed by atoms with Gasteiger partial charge < -0.3 is 18.9 Å². The van der Waals surface area contributed by atoms with Crippen molar-refractivity contribution in [3.8, 4) is 0 Å². The first-order valence-corrected chi connectivity index (χ1v) is 10.4. The van der Waals surface area contributed by atoms with Gasteiger partial charge in [0.05, 0.1) is 22.7 Å². The van der Waals surface area contributed by atoms with Crippen molar-refractivity contribution < 1.29 is 38.1 Å². The van der Waals surface area contributed by atoms with Gasteiger partial charge in [-0.3, -0.25) is 14.4 Å². The molecule has 0 aliphatic carbocycles. The Morgan fingerprint density at radius 2 is 1.61 bits per heavy atom. The lowest BCUT2D eigenvalue weighted by atomic mass is 10.1. The third-order valence-corrected chi connectivity index (χ3v) is 6.51. The highest BCUT2D eigenvalue weighted by atomic mass is 32.2. The molecule has 1 saturated heterocycles. The predicted octanol–water partition coefficient (Wildman–Crippen LogP) is 2.51. The Morgan fingerprint density at radius 1 is 0.964 bits per heavy atom. The Morgan fingerprint density at radius 3 is 2.18 bits per heavy atom. The average molecular weight is 431 g/mol. The van der Waals surface area contributed by atoms with Crippen molar-refractivity contribution in [1.29, 1.82) is 0 Å². The van der Waals surface area contributed by atoms with Crippen LogP contribution in [0.25, 0.3) is 0 Å². The third-order valence-electron chi connectivity index (χ3n) is 3.78. The van der Waals surface area contributed by atoms with Crippen molar-refractivity contribution in [1.82, 2.24) is 0 Å². The number of carbonyl (C=O) groups excluding carboxylic acids is 4. The van der Waals surface area contributed by atoms with Crippen LogP contribution < -0.4 is 0 Å². The molecule has 1 aromatic rings. The number of esters is 4. The molecule has 0 amide bonds. The molecule has 0 aromatic carbocycles. The van der Waals surface area contributed by atoms with E-state index in [0.717, 1.165) is 4.88 Å². The second-order valence-electron chi connectivity index (χ2n) is 6.00. The smallest absolute Gasteiger partial charge is 0.338 e. The van der Waals surface area contributed by atoms with E-state index in [9.17, 15) is 19.2 Å². The predicted molar refractivity (Wildman–Crippen MR) is 102 cm³/mol. The van der Waals surface area contributed by atoms with Gasteiger partial charge in [0, 0.05) is 31.0 Å². The van der Waals surface area contributed by atoms with Gasteiger partial charge in [-0.1, -0.05) is 0 Å². The first-order chi connectivity index (χ1) is 13.2. The summed E-state index contributed by atoms with van der Waals surface area (Å²) in [4.78, 5) is 47.2. The fraction of sp³-hybridized carbons (Fsp3) is 0.556. The normalized spacial score (nSPS) is 23.7. The van der Waals surface area contributed by atoms with Crippen LogP contribution in [0.1, 0.15) is 48.2 Å². The fourth-order valence-corrected chi connectivity index (χ4v) is 5.45. The molecule has 0 N–H and O–H groups in total. The Bertz CT molecular complexity index is 744. The zero-order valence-electron chi connectivity index (χ0n) is 16.0. The monoisotopic (exact) mass is 430 g/mol. The van der Waals surface area contributed by atoms with E-state index in [2.05, 4.69) is 0 Å². The standard InChI is InChI=1S/C18H22O8S2/c1-5-23-18(22)12-6-13(27-8-12)17-16(26-11(4)21)15(25-10(3)20)14(28-17)7-24-9(2)19/h6,8,14-17H,5,7H2,1-4H3/t14-,15-,16-,17+/m1/s1.